The summed E-state index contributed by atoms with van der Waals surface area (Å²) in [5, 5.41) is 5.67. The maximum Gasteiger partial charge on any atom is 0.0474 e. The molecule has 1 aromatic heterocycles. The van der Waals surface area contributed by atoms with Gasteiger partial charge in [0.25, 0.3) is 0 Å². The van der Waals surface area contributed by atoms with E-state index in [0.717, 1.165) is 17.1 Å². The van der Waals surface area contributed by atoms with Crippen molar-refractivity contribution in [2.75, 3.05) is 11.9 Å². The van der Waals surface area contributed by atoms with Crippen molar-refractivity contribution >= 4 is 28.2 Å². The zero-order valence-corrected chi connectivity index (χ0v) is 13.7. The molecule has 2 unspecified atom stereocenters. The molecule has 0 radical (unpaired) electrons. The molecule has 0 spiro atoms. The molecule has 2 aromatic carbocycles. The SMILES string of the molecule is CC(CNc1cccc2[nH]ccc12)C(C)c1ccccc1Cl. The lowest BCUT2D eigenvalue weighted by molar-refractivity contribution is 0.512. The van der Waals surface area contributed by atoms with Crippen LogP contribution >= 0.6 is 11.6 Å². The van der Waals surface area contributed by atoms with Crippen molar-refractivity contribution in [1.82, 2.24) is 4.98 Å². The molecule has 0 aliphatic heterocycles. The van der Waals surface area contributed by atoms with Crippen LogP contribution in [0.15, 0.2) is 54.7 Å². The van der Waals surface area contributed by atoms with Crippen molar-refractivity contribution < 1.29 is 0 Å². The van der Waals surface area contributed by atoms with Gasteiger partial charge in [0.15, 0.2) is 0 Å². The highest BCUT2D eigenvalue weighted by Gasteiger charge is 2.16. The molecule has 0 saturated carbocycles. The minimum Gasteiger partial charge on any atom is -0.384 e. The summed E-state index contributed by atoms with van der Waals surface area (Å²) in [5.41, 5.74) is 3.56. The highest BCUT2D eigenvalue weighted by atomic mass is 35.5. The molecule has 2 N–H and O–H groups in total. The minimum atomic E-state index is 0.409. The van der Waals surface area contributed by atoms with Crippen LogP contribution in [0.5, 0.6) is 0 Å². The summed E-state index contributed by atoms with van der Waals surface area (Å²) in [6.07, 6.45) is 1.98. The molecule has 3 heteroatoms. The van der Waals surface area contributed by atoms with E-state index in [9.17, 15) is 0 Å². The third-order valence-corrected chi connectivity index (χ3v) is 4.80. The van der Waals surface area contributed by atoms with Crippen molar-refractivity contribution in [3.63, 3.8) is 0 Å². The number of nitrogens with one attached hydrogen (secondary N) is 2. The van der Waals surface area contributed by atoms with Crippen LogP contribution in [0, 0.1) is 5.92 Å². The number of hydrogen-bond donors (Lipinski definition) is 2. The second-order valence-corrected chi connectivity index (χ2v) is 6.32. The smallest absolute Gasteiger partial charge is 0.0474 e. The van der Waals surface area contributed by atoms with Crippen LogP contribution in [0.25, 0.3) is 10.9 Å². The standard InChI is InChI=1S/C19H21ClN2/c1-13(14(2)15-6-3-4-7-17(15)20)12-22-19-9-5-8-18-16(19)10-11-21-18/h3-11,13-14,21-22H,12H2,1-2H3. The summed E-state index contributed by atoms with van der Waals surface area (Å²) in [4.78, 5) is 3.25. The number of anilines is 1. The summed E-state index contributed by atoms with van der Waals surface area (Å²) in [6, 6.07) is 16.5. The normalized spacial score (nSPS) is 14.0. The number of aromatic amines is 1. The molecule has 0 amide bonds. The second-order valence-electron chi connectivity index (χ2n) is 5.91. The Hall–Kier alpha value is -1.93. The number of fused-ring (bicyclic) bond motifs is 1. The lowest BCUT2D eigenvalue weighted by Gasteiger charge is -2.22. The first-order valence-corrected chi connectivity index (χ1v) is 8.09. The first-order valence-electron chi connectivity index (χ1n) is 7.71. The van der Waals surface area contributed by atoms with E-state index in [1.807, 2.05) is 18.3 Å². The summed E-state index contributed by atoms with van der Waals surface area (Å²) in [6.45, 7) is 5.42. The van der Waals surface area contributed by atoms with Crippen LogP contribution < -0.4 is 5.32 Å². The van der Waals surface area contributed by atoms with Crippen molar-refractivity contribution in [2.24, 2.45) is 5.92 Å². The average Bonchev–Trinajstić information content (AvgIpc) is 3.01. The van der Waals surface area contributed by atoms with Gasteiger partial charge in [-0.25, -0.2) is 0 Å². The van der Waals surface area contributed by atoms with Crippen LogP contribution in [0.2, 0.25) is 5.02 Å². The van der Waals surface area contributed by atoms with E-state index in [4.69, 9.17) is 11.6 Å². The summed E-state index contributed by atoms with van der Waals surface area (Å²) in [7, 11) is 0. The molecule has 2 atom stereocenters. The van der Waals surface area contributed by atoms with Crippen LogP contribution in [0.1, 0.15) is 25.3 Å². The highest BCUT2D eigenvalue weighted by molar-refractivity contribution is 6.31. The van der Waals surface area contributed by atoms with Gasteiger partial charge in [0.1, 0.15) is 0 Å². The fourth-order valence-corrected chi connectivity index (χ4v) is 3.15. The predicted molar refractivity (Wildman–Crippen MR) is 95.8 cm³/mol. The minimum absolute atomic E-state index is 0.409. The average molecular weight is 313 g/mol. The molecule has 1 heterocycles. The summed E-state index contributed by atoms with van der Waals surface area (Å²) >= 11 is 6.32. The molecule has 3 aromatic rings. The van der Waals surface area contributed by atoms with Crippen molar-refractivity contribution in [1.29, 1.82) is 0 Å². The fraction of sp³-hybridized carbons (Fsp3) is 0.263. The predicted octanol–water partition coefficient (Wildman–Crippen LogP) is 5.67. The van der Waals surface area contributed by atoms with E-state index in [2.05, 4.69) is 60.5 Å². The molecule has 0 fully saturated rings. The van der Waals surface area contributed by atoms with Gasteiger partial charge in [-0.2, -0.15) is 0 Å². The topological polar surface area (TPSA) is 27.8 Å². The van der Waals surface area contributed by atoms with Crippen LogP contribution in [-0.2, 0) is 0 Å². The van der Waals surface area contributed by atoms with Crippen molar-refractivity contribution in [3.8, 4) is 0 Å². The number of benzene rings is 2. The van der Waals surface area contributed by atoms with Crippen molar-refractivity contribution in [3.05, 3.63) is 65.3 Å². The Bertz CT molecular complexity index is 763. The van der Waals surface area contributed by atoms with Crippen molar-refractivity contribution in [2.45, 2.75) is 19.8 Å². The van der Waals surface area contributed by atoms with E-state index < -0.39 is 0 Å². The van der Waals surface area contributed by atoms with E-state index in [1.165, 1.54) is 16.6 Å². The third-order valence-electron chi connectivity index (χ3n) is 4.46. The third kappa shape index (κ3) is 2.97. The highest BCUT2D eigenvalue weighted by Crippen LogP contribution is 2.30. The van der Waals surface area contributed by atoms with Gasteiger partial charge in [-0.3, -0.25) is 0 Å². The molecule has 0 aliphatic rings. The summed E-state index contributed by atoms with van der Waals surface area (Å²) < 4.78 is 0. The van der Waals surface area contributed by atoms with Gasteiger partial charge in [-0.15, -0.1) is 0 Å². The Morgan fingerprint density at radius 2 is 1.86 bits per heavy atom. The summed E-state index contributed by atoms with van der Waals surface area (Å²) in [5.74, 6) is 0.890. The number of H-pyrrole nitrogens is 1. The van der Waals surface area contributed by atoms with Gasteiger partial charge >= 0.3 is 0 Å². The Morgan fingerprint density at radius 1 is 1.05 bits per heavy atom. The van der Waals surface area contributed by atoms with Gasteiger partial charge in [-0.1, -0.05) is 49.7 Å². The Kier molecular flexibility index (Phi) is 4.39. The maximum absolute atomic E-state index is 6.32. The number of aromatic nitrogens is 1. The molecule has 3 rings (SSSR count). The van der Waals surface area contributed by atoms with Gasteiger partial charge in [0.2, 0.25) is 0 Å². The second kappa shape index (κ2) is 6.45. The molecule has 0 saturated heterocycles. The zero-order chi connectivity index (χ0) is 15.5. The molecular formula is C19H21ClN2. The fourth-order valence-electron chi connectivity index (χ4n) is 2.84. The maximum atomic E-state index is 6.32. The van der Waals surface area contributed by atoms with E-state index in [-0.39, 0.29) is 0 Å². The van der Waals surface area contributed by atoms with Crippen LogP contribution in [0.3, 0.4) is 0 Å². The zero-order valence-electron chi connectivity index (χ0n) is 12.9. The van der Waals surface area contributed by atoms with Crippen LogP contribution in [0.4, 0.5) is 5.69 Å². The van der Waals surface area contributed by atoms with Gasteiger partial charge in [0.05, 0.1) is 0 Å². The quantitative estimate of drug-likeness (QED) is 0.624. The molecular weight excluding hydrogens is 292 g/mol. The number of rotatable bonds is 5. The van der Waals surface area contributed by atoms with Crippen LogP contribution in [-0.4, -0.2) is 11.5 Å². The van der Waals surface area contributed by atoms with E-state index >= 15 is 0 Å². The molecule has 0 bridgehead atoms. The largest absolute Gasteiger partial charge is 0.384 e. The lowest BCUT2D eigenvalue weighted by Crippen LogP contribution is -2.17. The monoisotopic (exact) mass is 312 g/mol. The lowest BCUT2D eigenvalue weighted by atomic mass is 9.89. The Labute approximate surface area is 136 Å². The Balaban J connectivity index is 1.71. The first-order chi connectivity index (χ1) is 10.7. The van der Waals surface area contributed by atoms with E-state index in [0.29, 0.717) is 11.8 Å². The molecule has 2 nitrogen and oxygen atoms in total. The molecule has 0 aliphatic carbocycles. The van der Waals surface area contributed by atoms with Gasteiger partial charge < -0.3 is 10.3 Å². The van der Waals surface area contributed by atoms with E-state index in [1.54, 1.807) is 0 Å². The number of hydrogen-bond acceptors (Lipinski definition) is 1. The first kappa shape index (κ1) is 15.0. The molecule has 114 valence electrons. The Morgan fingerprint density at radius 3 is 2.68 bits per heavy atom. The van der Waals surface area contributed by atoms with Gasteiger partial charge in [-0.05, 0) is 41.7 Å². The number of halogens is 1. The molecule has 22 heavy (non-hydrogen) atoms. The van der Waals surface area contributed by atoms with Gasteiger partial charge in [0, 0.05) is 34.4 Å².